The van der Waals surface area contributed by atoms with E-state index >= 15 is 0 Å². The number of carbonyl (C=O) groups excluding carboxylic acids is 4. The molecule has 2 aromatic rings. The van der Waals surface area contributed by atoms with Crippen molar-refractivity contribution in [2.45, 2.75) is 122 Å². The van der Waals surface area contributed by atoms with E-state index in [1.165, 1.54) is 69.8 Å². The number of benzene rings is 2. The highest BCUT2D eigenvalue weighted by atomic mass is 16.2. The van der Waals surface area contributed by atoms with Crippen LogP contribution in [0.3, 0.4) is 0 Å². The lowest BCUT2D eigenvalue weighted by Crippen LogP contribution is -2.45. The molecular weight excluding hydrogens is 624 g/mol. The van der Waals surface area contributed by atoms with Gasteiger partial charge in [0.25, 0.3) is 11.8 Å². The molecule has 4 atom stereocenters. The fourth-order valence-corrected chi connectivity index (χ4v) is 7.70. The van der Waals surface area contributed by atoms with Crippen molar-refractivity contribution in [3.05, 3.63) is 71.3 Å². The summed E-state index contributed by atoms with van der Waals surface area (Å²) in [5.74, 6) is -0.145. The third-order valence-corrected chi connectivity index (χ3v) is 11.0. The van der Waals surface area contributed by atoms with Gasteiger partial charge in [-0.25, -0.2) is 0 Å². The number of nitrogens with zero attached hydrogens (tertiary/aromatic N) is 2. The summed E-state index contributed by atoms with van der Waals surface area (Å²) in [5, 5.41) is 6.31. The van der Waals surface area contributed by atoms with E-state index in [1.807, 2.05) is 18.2 Å². The van der Waals surface area contributed by atoms with Crippen molar-refractivity contribution in [2.24, 2.45) is 11.8 Å². The van der Waals surface area contributed by atoms with Gasteiger partial charge in [0.1, 0.15) is 0 Å². The second kappa shape index (κ2) is 19.6. The van der Waals surface area contributed by atoms with Crippen molar-refractivity contribution in [3.8, 4) is 0 Å². The van der Waals surface area contributed by atoms with Crippen LogP contribution in [-0.2, 0) is 9.59 Å². The van der Waals surface area contributed by atoms with Crippen LogP contribution in [-0.4, -0.2) is 72.2 Å². The van der Waals surface area contributed by atoms with Gasteiger partial charge in [-0.3, -0.25) is 19.2 Å². The molecule has 2 N–H and O–H groups in total. The van der Waals surface area contributed by atoms with E-state index in [-0.39, 0.29) is 41.5 Å². The molecule has 1 saturated carbocycles. The third kappa shape index (κ3) is 11.2. The van der Waals surface area contributed by atoms with Gasteiger partial charge >= 0.3 is 0 Å². The highest BCUT2D eigenvalue weighted by molar-refractivity contribution is 5.98. The van der Waals surface area contributed by atoms with Crippen LogP contribution >= 0.6 is 0 Å². The molecule has 0 aromatic heterocycles. The van der Waals surface area contributed by atoms with Gasteiger partial charge in [0.05, 0.1) is 11.8 Å². The van der Waals surface area contributed by atoms with Crippen molar-refractivity contribution in [1.82, 2.24) is 20.4 Å². The highest BCUT2D eigenvalue weighted by Gasteiger charge is 2.41. The van der Waals surface area contributed by atoms with Crippen LogP contribution in [0.5, 0.6) is 0 Å². The van der Waals surface area contributed by atoms with Gasteiger partial charge in [-0.1, -0.05) is 108 Å². The average molecular weight is 685 g/mol. The zero-order valence-electron chi connectivity index (χ0n) is 30.4. The maximum Gasteiger partial charge on any atom is 0.253 e. The molecule has 8 heteroatoms. The number of unbranched alkanes of at least 4 members (excludes halogenated alkanes) is 11. The van der Waals surface area contributed by atoms with E-state index in [1.54, 1.807) is 34.1 Å². The van der Waals surface area contributed by atoms with E-state index in [4.69, 9.17) is 0 Å². The second-order valence-corrected chi connectivity index (χ2v) is 15.0. The molecule has 2 saturated heterocycles. The smallest absolute Gasteiger partial charge is 0.253 e. The Hall–Kier alpha value is -3.68. The van der Waals surface area contributed by atoms with Gasteiger partial charge in [0, 0.05) is 55.8 Å². The number of piperidine rings is 1. The van der Waals surface area contributed by atoms with Gasteiger partial charge in [0.2, 0.25) is 11.8 Å². The number of nitrogens with one attached hydrogen (secondary N) is 2. The predicted molar refractivity (Wildman–Crippen MR) is 199 cm³/mol. The molecule has 5 rings (SSSR count). The first-order valence-electron chi connectivity index (χ1n) is 19.8. The fraction of sp³-hybridized carbons (Fsp3) is 0.619. The predicted octanol–water partition coefficient (Wildman–Crippen LogP) is 7.49. The van der Waals surface area contributed by atoms with Crippen LogP contribution in [0.1, 0.15) is 142 Å². The average Bonchev–Trinajstić information content (AvgIpc) is 3.74. The van der Waals surface area contributed by atoms with Crippen molar-refractivity contribution < 1.29 is 19.2 Å². The minimum absolute atomic E-state index is 0.0301. The number of carbonyl (C=O) groups is 4. The minimum atomic E-state index is -0.203. The molecule has 3 aliphatic rings. The molecule has 8 nitrogen and oxygen atoms in total. The van der Waals surface area contributed by atoms with E-state index in [0.29, 0.717) is 56.2 Å². The Morgan fingerprint density at radius 2 is 1.18 bits per heavy atom. The topological polar surface area (TPSA) is 98.8 Å². The lowest BCUT2D eigenvalue weighted by Gasteiger charge is -2.32. The van der Waals surface area contributed by atoms with Crippen molar-refractivity contribution in [2.75, 3.05) is 32.7 Å². The molecule has 50 heavy (non-hydrogen) atoms. The summed E-state index contributed by atoms with van der Waals surface area (Å²) >= 11 is 0. The molecule has 0 unspecified atom stereocenters. The Labute approximate surface area is 300 Å². The van der Waals surface area contributed by atoms with Gasteiger partial charge in [-0.05, 0) is 61.9 Å². The van der Waals surface area contributed by atoms with Crippen molar-refractivity contribution in [1.29, 1.82) is 0 Å². The van der Waals surface area contributed by atoms with Crippen LogP contribution < -0.4 is 10.6 Å². The molecule has 2 heterocycles. The lowest BCUT2D eigenvalue weighted by molar-refractivity contribution is -0.126. The van der Waals surface area contributed by atoms with Gasteiger partial charge < -0.3 is 20.4 Å². The SMILES string of the molecule is CCCCCCCCCCCCCCNC(=O)[C@H]1CCCN(C(=O)c2ccc(C(=O)N3CC[C@H](C(=O)N[C@H]4C[C@@H]4c4ccccc4)C3)cc2)C1. The number of likely N-dealkylation sites (tertiary alicyclic amines) is 2. The van der Waals surface area contributed by atoms with Crippen LogP contribution in [0.25, 0.3) is 0 Å². The normalized spacial score (nSPS) is 21.5. The van der Waals surface area contributed by atoms with Crippen LogP contribution in [0, 0.1) is 11.8 Å². The number of hydrogen-bond donors (Lipinski definition) is 2. The van der Waals surface area contributed by atoms with E-state index in [2.05, 4.69) is 29.7 Å². The van der Waals surface area contributed by atoms with E-state index in [0.717, 1.165) is 32.1 Å². The fourth-order valence-electron chi connectivity index (χ4n) is 7.70. The van der Waals surface area contributed by atoms with Gasteiger partial charge in [-0.2, -0.15) is 0 Å². The van der Waals surface area contributed by atoms with E-state index < -0.39 is 0 Å². The summed E-state index contributed by atoms with van der Waals surface area (Å²) in [6, 6.07) is 17.3. The zero-order valence-corrected chi connectivity index (χ0v) is 30.4. The van der Waals surface area contributed by atoms with Crippen LogP contribution in [0.15, 0.2) is 54.6 Å². The van der Waals surface area contributed by atoms with Gasteiger partial charge in [-0.15, -0.1) is 0 Å². The summed E-state index contributed by atoms with van der Waals surface area (Å²) in [6.07, 6.45) is 18.7. The quantitative estimate of drug-likeness (QED) is 0.150. The molecule has 3 fully saturated rings. The van der Waals surface area contributed by atoms with Crippen LogP contribution in [0.2, 0.25) is 0 Å². The summed E-state index contributed by atoms with van der Waals surface area (Å²) in [4.78, 5) is 56.0. The van der Waals surface area contributed by atoms with E-state index in [9.17, 15) is 19.2 Å². The Bertz CT molecular complexity index is 1380. The molecule has 1 aliphatic carbocycles. The molecule has 0 spiro atoms. The Morgan fingerprint density at radius 1 is 0.640 bits per heavy atom. The van der Waals surface area contributed by atoms with Crippen molar-refractivity contribution >= 4 is 23.6 Å². The molecule has 0 radical (unpaired) electrons. The standard InChI is InChI=1S/C42H60N4O4/c1-2-3-4-5-6-7-8-9-10-11-12-16-26-43-39(47)35-20-17-27-45(30-35)41(49)33-21-23-34(24-22-33)42(50)46-28-25-36(31-46)40(48)44-38-29-37(38)32-18-14-13-15-19-32/h13-15,18-19,21-24,35-38H,2-12,16-17,20,25-31H2,1H3,(H,43,47)(H,44,48)/t35-,36-,37+,38-/m0/s1. The summed E-state index contributed by atoms with van der Waals surface area (Å²) in [7, 11) is 0. The van der Waals surface area contributed by atoms with Gasteiger partial charge in [0.15, 0.2) is 0 Å². The minimum Gasteiger partial charge on any atom is -0.356 e. The first-order valence-corrected chi connectivity index (χ1v) is 19.8. The molecule has 0 bridgehead atoms. The zero-order chi connectivity index (χ0) is 35.1. The number of rotatable bonds is 19. The third-order valence-electron chi connectivity index (χ3n) is 11.0. The van der Waals surface area contributed by atoms with Crippen LogP contribution in [0.4, 0.5) is 0 Å². The Balaban J connectivity index is 0.965. The number of hydrogen-bond acceptors (Lipinski definition) is 4. The molecule has 2 aromatic carbocycles. The molecule has 2 aliphatic heterocycles. The number of amides is 4. The summed E-state index contributed by atoms with van der Waals surface area (Å²) in [6.45, 7) is 4.97. The largest absolute Gasteiger partial charge is 0.356 e. The maximum atomic E-state index is 13.4. The first-order chi connectivity index (χ1) is 24.4. The second-order valence-electron chi connectivity index (χ2n) is 15.0. The molecular formula is C42H60N4O4. The Kier molecular flexibility index (Phi) is 14.8. The first kappa shape index (κ1) is 37.6. The maximum absolute atomic E-state index is 13.4. The Morgan fingerprint density at radius 3 is 1.78 bits per heavy atom. The summed E-state index contributed by atoms with van der Waals surface area (Å²) in [5.41, 5.74) is 2.30. The molecule has 4 amide bonds. The lowest BCUT2D eigenvalue weighted by atomic mass is 9.96. The van der Waals surface area contributed by atoms with Crippen molar-refractivity contribution in [3.63, 3.8) is 0 Å². The summed E-state index contributed by atoms with van der Waals surface area (Å²) < 4.78 is 0. The monoisotopic (exact) mass is 684 g/mol. The molecule has 272 valence electrons. The highest BCUT2D eigenvalue weighted by Crippen LogP contribution is 2.41.